The number of nitrogens with zero attached hydrogens (tertiary/aromatic N) is 2. The van der Waals surface area contributed by atoms with E-state index in [1.54, 1.807) is 6.20 Å². The number of hydrogen-bond acceptors (Lipinski definition) is 2. The number of hydrogen-bond donors (Lipinski definition) is 1. The number of rotatable bonds is 6. The summed E-state index contributed by atoms with van der Waals surface area (Å²) in [5, 5.41) is 2.46. The lowest BCUT2D eigenvalue weighted by molar-refractivity contribution is -0.144. The van der Waals surface area contributed by atoms with Gasteiger partial charge in [-0.25, -0.2) is 4.98 Å². The molecule has 1 rings (SSSR count). The highest BCUT2D eigenvalue weighted by atomic mass is 19.4. The van der Waals surface area contributed by atoms with E-state index in [1.807, 2.05) is 17.7 Å². The molecule has 0 aliphatic carbocycles. The maximum absolute atomic E-state index is 11.8. The van der Waals surface area contributed by atoms with Crippen molar-refractivity contribution in [3.05, 3.63) is 18.2 Å². The van der Waals surface area contributed by atoms with E-state index in [4.69, 9.17) is 0 Å². The Balaban J connectivity index is 2.11. The third kappa shape index (κ3) is 5.70. The predicted octanol–water partition coefficient (Wildman–Crippen LogP) is 2.04. The van der Waals surface area contributed by atoms with Gasteiger partial charge in [0, 0.05) is 31.9 Å². The summed E-state index contributed by atoms with van der Waals surface area (Å²) in [6.07, 6.45) is -1.69. The van der Waals surface area contributed by atoms with Crippen molar-refractivity contribution in [2.45, 2.75) is 38.9 Å². The SMILES string of the molecule is Cc1nccn1CCCNC(=O)CCC(F)(F)F. The molecule has 0 radical (unpaired) electrons. The fourth-order valence-electron chi connectivity index (χ4n) is 1.46. The average molecular weight is 263 g/mol. The van der Waals surface area contributed by atoms with Crippen molar-refractivity contribution in [3.8, 4) is 0 Å². The van der Waals surface area contributed by atoms with Crippen molar-refractivity contribution in [2.24, 2.45) is 0 Å². The molecule has 0 aromatic carbocycles. The van der Waals surface area contributed by atoms with Crippen LogP contribution in [0.15, 0.2) is 12.4 Å². The minimum absolute atomic E-state index is 0.369. The van der Waals surface area contributed by atoms with Crippen molar-refractivity contribution < 1.29 is 18.0 Å². The summed E-state index contributed by atoms with van der Waals surface area (Å²) in [6, 6.07) is 0. The second-order valence-corrected chi connectivity index (χ2v) is 3.99. The smallest absolute Gasteiger partial charge is 0.356 e. The molecule has 1 aromatic heterocycles. The molecule has 1 N–H and O–H groups in total. The molecule has 0 aliphatic heterocycles. The van der Waals surface area contributed by atoms with Gasteiger partial charge in [-0.15, -0.1) is 0 Å². The number of halogens is 3. The maximum Gasteiger partial charge on any atom is 0.389 e. The van der Waals surface area contributed by atoms with Crippen LogP contribution >= 0.6 is 0 Å². The van der Waals surface area contributed by atoms with E-state index in [0.29, 0.717) is 19.5 Å². The zero-order chi connectivity index (χ0) is 13.6. The van der Waals surface area contributed by atoms with Crippen LogP contribution in [0, 0.1) is 6.92 Å². The van der Waals surface area contributed by atoms with Crippen LogP contribution in [0.4, 0.5) is 13.2 Å². The van der Waals surface area contributed by atoms with Gasteiger partial charge < -0.3 is 9.88 Å². The third-order valence-electron chi connectivity index (χ3n) is 2.46. The van der Waals surface area contributed by atoms with Gasteiger partial charge in [0.2, 0.25) is 5.91 Å². The van der Waals surface area contributed by atoms with Crippen LogP contribution in [0.25, 0.3) is 0 Å². The zero-order valence-electron chi connectivity index (χ0n) is 10.1. The van der Waals surface area contributed by atoms with E-state index in [2.05, 4.69) is 10.3 Å². The first-order valence-electron chi connectivity index (χ1n) is 5.69. The number of amides is 1. The molecule has 1 heterocycles. The van der Waals surface area contributed by atoms with Crippen molar-refractivity contribution in [1.29, 1.82) is 0 Å². The highest BCUT2D eigenvalue weighted by Gasteiger charge is 2.27. The van der Waals surface area contributed by atoms with E-state index in [-0.39, 0.29) is 0 Å². The van der Waals surface area contributed by atoms with Gasteiger partial charge in [-0.3, -0.25) is 4.79 Å². The Labute approximate surface area is 103 Å². The van der Waals surface area contributed by atoms with E-state index < -0.39 is 24.9 Å². The van der Waals surface area contributed by atoms with Crippen molar-refractivity contribution >= 4 is 5.91 Å². The predicted molar refractivity (Wildman–Crippen MR) is 59.9 cm³/mol. The Morgan fingerprint density at radius 3 is 2.78 bits per heavy atom. The molecule has 4 nitrogen and oxygen atoms in total. The fourth-order valence-corrected chi connectivity index (χ4v) is 1.46. The summed E-state index contributed by atoms with van der Waals surface area (Å²) < 4.78 is 37.5. The van der Waals surface area contributed by atoms with Gasteiger partial charge >= 0.3 is 6.18 Å². The van der Waals surface area contributed by atoms with E-state index in [9.17, 15) is 18.0 Å². The number of aromatic nitrogens is 2. The average Bonchev–Trinajstić information content (AvgIpc) is 2.67. The Morgan fingerprint density at radius 1 is 1.50 bits per heavy atom. The maximum atomic E-state index is 11.8. The molecule has 102 valence electrons. The van der Waals surface area contributed by atoms with Gasteiger partial charge in [0.05, 0.1) is 6.42 Å². The first kappa shape index (κ1) is 14.5. The summed E-state index contributed by atoms with van der Waals surface area (Å²) in [6.45, 7) is 2.92. The summed E-state index contributed by atoms with van der Waals surface area (Å²) >= 11 is 0. The van der Waals surface area contributed by atoms with Gasteiger partial charge in [0.15, 0.2) is 0 Å². The second kappa shape index (κ2) is 6.42. The molecular weight excluding hydrogens is 247 g/mol. The molecule has 0 fully saturated rings. The fraction of sp³-hybridized carbons (Fsp3) is 0.636. The second-order valence-electron chi connectivity index (χ2n) is 3.99. The van der Waals surface area contributed by atoms with Gasteiger partial charge in [0.1, 0.15) is 5.82 Å². The highest BCUT2D eigenvalue weighted by Crippen LogP contribution is 2.20. The van der Waals surface area contributed by atoms with Gasteiger partial charge in [-0.1, -0.05) is 0 Å². The molecule has 0 saturated heterocycles. The molecule has 0 spiro atoms. The summed E-state index contributed by atoms with van der Waals surface area (Å²) in [5.41, 5.74) is 0. The molecule has 7 heteroatoms. The monoisotopic (exact) mass is 263 g/mol. The molecule has 0 atom stereocenters. The molecule has 0 unspecified atom stereocenters. The van der Waals surface area contributed by atoms with Crippen LogP contribution in [-0.4, -0.2) is 28.2 Å². The van der Waals surface area contributed by atoms with Gasteiger partial charge in [0.25, 0.3) is 0 Å². The molecule has 1 amide bonds. The summed E-state index contributed by atoms with van der Waals surface area (Å²) in [7, 11) is 0. The summed E-state index contributed by atoms with van der Waals surface area (Å²) in [4.78, 5) is 15.1. The van der Waals surface area contributed by atoms with Crippen molar-refractivity contribution in [3.63, 3.8) is 0 Å². The zero-order valence-corrected chi connectivity index (χ0v) is 10.1. The first-order chi connectivity index (χ1) is 8.38. The molecular formula is C11H16F3N3O. The highest BCUT2D eigenvalue weighted by molar-refractivity contribution is 5.75. The first-order valence-corrected chi connectivity index (χ1v) is 5.69. The molecule has 0 aliphatic rings. The van der Waals surface area contributed by atoms with E-state index in [1.165, 1.54) is 0 Å². The van der Waals surface area contributed by atoms with Crippen molar-refractivity contribution in [2.75, 3.05) is 6.54 Å². The van der Waals surface area contributed by atoms with E-state index >= 15 is 0 Å². The lowest BCUT2D eigenvalue weighted by Crippen LogP contribution is -2.26. The number of aryl methyl sites for hydroxylation is 2. The summed E-state index contributed by atoms with van der Waals surface area (Å²) in [5.74, 6) is 0.313. The van der Waals surface area contributed by atoms with Gasteiger partial charge in [-0.05, 0) is 13.3 Å². The largest absolute Gasteiger partial charge is 0.389 e. The Morgan fingerprint density at radius 2 is 2.22 bits per heavy atom. The molecule has 0 saturated carbocycles. The minimum Gasteiger partial charge on any atom is -0.356 e. The van der Waals surface area contributed by atoms with Crippen LogP contribution in [-0.2, 0) is 11.3 Å². The quantitative estimate of drug-likeness (QED) is 0.798. The van der Waals surface area contributed by atoms with Crippen LogP contribution in [0.5, 0.6) is 0 Å². The number of imidazole rings is 1. The minimum atomic E-state index is -4.27. The normalized spacial score (nSPS) is 11.6. The lowest BCUT2D eigenvalue weighted by Gasteiger charge is -2.08. The van der Waals surface area contributed by atoms with Crippen LogP contribution in [0.3, 0.4) is 0 Å². The Kier molecular flexibility index (Phi) is 5.18. The Hall–Kier alpha value is -1.53. The third-order valence-corrected chi connectivity index (χ3v) is 2.46. The molecule has 18 heavy (non-hydrogen) atoms. The van der Waals surface area contributed by atoms with Crippen LogP contribution in [0.2, 0.25) is 0 Å². The van der Waals surface area contributed by atoms with Crippen LogP contribution < -0.4 is 5.32 Å². The van der Waals surface area contributed by atoms with Crippen LogP contribution in [0.1, 0.15) is 25.1 Å². The number of carbonyl (C=O) groups is 1. The number of carbonyl (C=O) groups excluding carboxylic acids is 1. The standard InChI is InChI=1S/C11H16F3N3O/c1-9-15-6-8-17(9)7-2-5-16-10(18)3-4-11(12,13)14/h6,8H,2-5,7H2,1H3,(H,16,18). The number of nitrogens with one attached hydrogen (secondary N) is 1. The number of alkyl halides is 3. The lowest BCUT2D eigenvalue weighted by atomic mass is 10.3. The van der Waals surface area contributed by atoms with Crippen molar-refractivity contribution in [1.82, 2.24) is 14.9 Å². The molecule has 0 bridgehead atoms. The van der Waals surface area contributed by atoms with Gasteiger partial charge in [-0.2, -0.15) is 13.2 Å². The molecule has 1 aromatic rings. The Bertz CT molecular complexity index is 387. The topological polar surface area (TPSA) is 46.9 Å². The van der Waals surface area contributed by atoms with E-state index in [0.717, 1.165) is 5.82 Å².